The van der Waals surface area contributed by atoms with Crippen LogP contribution in [-0.4, -0.2) is 25.6 Å². The van der Waals surface area contributed by atoms with Crippen LogP contribution in [0.5, 0.6) is 0 Å². The van der Waals surface area contributed by atoms with Gasteiger partial charge in [0.25, 0.3) is 0 Å². The van der Waals surface area contributed by atoms with Gasteiger partial charge in [0, 0.05) is 6.21 Å². The molecule has 2 amide bonds. The van der Waals surface area contributed by atoms with Gasteiger partial charge in [0.1, 0.15) is 6.73 Å². The Balaban J connectivity index is 3.25. The van der Waals surface area contributed by atoms with Gasteiger partial charge in [0.05, 0.1) is 6.61 Å². The summed E-state index contributed by atoms with van der Waals surface area (Å²) in [5.74, 6) is 0.483. The molecular formula is C8H16N2O2. The van der Waals surface area contributed by atoms with Crippen LogP contribution in [0.15, 0.2) is 4.99 Å². The van der Waals surface area contributed by atoms with Gasteiger partial charge < -0.3 is 10.1 Å². The Hall–Kier alpha value is -0.900. The molecule has 0 aliphatic rings. The van der Waals surface area contributed by atoms with Gasteiger partial charge in [0.2, 0.25) is 0 Å². The third-order valence-electron chi connectivity index (χ3n) is 1.02. The van der Waals surface area contributed by atoms with E-state index >= 15 is 0 Å². The topological polar surface area (TPSA) is 50.7 Å². The lowest BCUT2D eigenvalue weighted by Crippen LogP contribution is -2.24. The third kappa shape index (κ3) is 7.21. The van der Waals surface area contributed by atoms with Gasteiger partial charge in [-0.3, -0.25) is 0 Å². The summed E-state index contributed by atoms with van der Waals surface area (Å²) in [6.07, 6.45) is 1.44. The van der Waals surface area contributed by atoms with Crippen molar-refractivity contribution in [3.8, 4) is 0 Å². The minimum absolute atomic E-state index is 0.231. The molecule has 0 aliphatic heterocycles. The first-order valence-electron chi connectivity index (χ1n) is 4.01. The van der Waals surface area contributed by atoms with Crippen LogP contribution in [0, 0.1) is 5.92 Å². The van der Waals surface area contributed by atoms with E-state index in [2.05, 4.69) is 10.3 Å². The third-order valence-corrected chi connectivity index (χ3v) is 1.02. The fourth-order valence-electron chi connectivity index (χ4n) is 0.570. The lowest BCUT2D eigenvalue weighted by atomic mass is 10.2. The molecule has 0 fully saturated rings. The maximum atomic E-state index is 10.7. The van der Waals surface area contributed by atoms with Crippen LogP contribution in [0.4, 0.5) is 4.79 Å². The standard InChI is InChI=1S/C8H16N2O2/c1-4-9-8(11)10-6-12-5-7(2)3/h4,7H,5-6H2,1-3H3,(H,10,11). The molecule has 4 nitrogen and oxygen atoms in total. The SMILES string of the molecule is CC=NC(=O)NCOCC(C)C. The maximum Gasteiger partial charge on any atom is 0.342 e. The predicted octanol–water partition coefficient (Wildman–Crippen LogP) is 1.42. The highest BCUT2D eigenvalue weighted by atomic mass is 16.5. The molecule has 0 aliphatic carbocycles. The molecule has 0 aromatic rings. The molecule has 4 heteroatoms. The van der Waals surface area contributed by atoms with E-state index in [4.69, 9.17) is 4.74 Å². The number of hydrogen-bond acceptors (Lipinski definition) is 2. The van der Waals surface area contributed by atoms with E-state index in [0.29, 0.717) is 12.5 Å². The summed E-state index contributed by atoms with van der Waals surface area (Å²) < 4.78 is 5.11. The van der Waals surface area contributed by atoms with E-state index in [9.17, 15) is 4.79 Å². The number of carbonyl (C=O) groups is 1. The van der Waals surface area contributed by atoms with Crippen LogP contribution in [0.25, 0.3) is 0 Å². The summed E-state index contributed by atoms with van der Waals surface area (Å²) >= 11 is 0. The van der Waals surface area contributed by atoms with Crippen molar-refractivity contribution < 1.29 is 9.53 Å². The average Bonchev–Trinajstić information content (AvgIpc) is 1.98. The van der Waals surface area contributed by atoms with E-state index in [0.717, 1.165) is 0 Å². The van der Waals surface area contributed by atoms with Crippen LogP contribution in [0.3, 0.4) is 0 Å². The zero-order valence-electron chi connectivity index (χ0n) is 7.83. The quantitative estimate of drug-likeness (QED) is 0.396. The van der Waals surface area contributed by atoms with Crippen molar-refractivity contribution in [1.82, 2.24) is 5.32 Å². The van der Waals surface area contributed by atoms with Crippen LogP contribution in [-0.2, 0) is 4.74 Å². The van der Waals surface area contributed by atoms with Crippen LogP contribution < -0.4 is 5.32 Å². The van der Waals surface area contributed by atoms with Crippen molar-refractivity contribution in [3.63, 3.8) is 0 Å². The first-order valence-corrected chi connectivity index (χ1v) is 4.01. The first-order chi connectivity index (χ1) is 5.66. The molecule has 1 N–H and O–H groups in total. The van der Waals surface area contributed by atoms with E-state index in [1.54, 1.807) is 6.92 Å². The van der Waals surface area contributed by atoms with Crippen molar-refractivity contribution in [3.05, 3.63) is 0 Å². The first kappa shape index (κ1) is 11.1. The second kappa shape index (κ2) is 6.79. The van der Waals surface area contributed by atoms with Crippen molar-refractivity contribution in [2.45, 2.75) is 20.8 Å². The highest BCUT2D eigenvalue weighted by Gasteiger charge is 1.95. The fourth-order valence-corrected chi connectivity index (χ4v) is 0.570. The molecule has 0 saturated heterocycles. The van der Waals surface area contributed by atoms with E-state index < -0.39 is 0 Å². The molecule has 0 unspecified atom stereocenters. The molecule has 0 spiro atoms. The largest absolute Gasteiger partial charge is 0.361 e. The van der Waals surface area contributed by atoms with Crippen LogP contribution in [0.2, 0.25) is 0 Å². The van der Waals surface area contributed by atoms with Crippen molar-refractivity contribution in [1.29, 1.82) is 0 Å². The van der Waals surface area contributed by atoms with Gasteiger partial charge in [-0.1, -0.05) is 13.8 Å². The molecular weight excluding hydrogens is 156 g/mol. The minimum atomic E-state index is -0.360. The predicted molar refractivity (Wildman–Crippen MR) is 48.4 cm³/mol. The van der Waals surface area contributed by atoms with Gasteiger partial charge in [-0.2, -0.15) is 0 Å². The normalized spacial score (nSPS) is 11.0. The molecule has 0 bridgehead atoms. The summed E-state index contributed by atoms with van der Waals surface area (Å²) in [6.45, 7) is 6.66. The number of ether oxygens (including phenoxy) is 1. The fraction of sp³-hybridized carbons (Fsp3) is 0.750. The number of nitrogens with one attached hydrogen (secondary N) is 1. The van der Waals surface area contributed by atoms with Crippen LogP contribution in [0.1, 0.15) is 20.8 Å². The summed E-state index contributed by atoms with van der Waals surface area (Å²) in [7, 11) is 0. The molecule has 0 aromatic heterocycles. The summed E-state index contributed by atoms with van der Waals surface area (Å²) in [4.78, 5) is 14.2. The molecule has 0 atom stereocenters. The number of rotatable bonds is 4. The lowest BCUT2D eigenvalue weighted by Gasteiger charge is -2.05. The maximum absolute atomic E-state index is 10.7. The molecule has 0 aromatic carbocycles. The Kier molecular flexibility index (Phi) is 6.28. The molecule has 0 rings (SSSR count). The second-order valence-electron chi connectivity index (χ2n) is 2.78. The molecule has 0 heterocycles. The zero-order valence-corrected chi connectivity index (χ0v) is 7.83. The molecule has 70 valence electrons. The Bertz CT molecular complexity index is 155. The molecule has 0 saturated carbocycles. The highest BCUT2D eigenvalue weighted by Crippen LogP contribution is 1.90. The average molecular weight is 172 g/mol. The summed E-state index contributed by atoms with van der Waals surface area (Å²) in [5, 5.41) is 2.48. The lowest BCUT2D eigenvalue weighted by molar-refractivity contribution is 0.0996. The van der Waals surface area contributed by atoms with Crippen molar-refractivity contribution >= 4 is 12.2 Å². The molecule has 0 radical (unpaired) electrons. The second-order valence-corrected chi connectivity index (χ2v) is 2.78. The number of aliphatic imine (C=N–C) groups is 1. The van der Waals surface area contributed by atoms with Crippen molar-refractivity contribution in [2.24, 2.45) is 10.9 Å². The van der Waals surface area contributed by atoms with Gasteiger partial charge >= 0.3 is 6.03 Å². The van der Waals surface area contributed by atoms with Crippen molar-refractivity contribution in [2.75, 3.05) is 13.3 Å². The number of amides is 2. The van der Waals surface area contributed by atoms with Gasteiger partial charge in [0.15, 0.2) is 0 Å². The number of nitrogens with zero attached hydrogens (tertiary/aromatic N) is 1. The van der Waals surface area contributed by atoms with E-state index in [-0.39, 0.29) is 12.8 Å². The Morgan fingerprint density at radius 2 is 2.33 bits per heavy atom. The van der Waals surface area contributed by atoms with Gasteiger partial charge in [-0.25, -0.2) is 9.79 Å². The van der Waals surface area contributed by atoms with Gasteiger partial charge in [-0.15, -0.1) is 0 Å². The monoisotopic (exact) mass is 172 g/mol. The number of urea groups is 1. The van der Waals surface area contributed by atoms with E-state index in [1.165, 1.54) is 6.21 Å². The smallest absolute Gasteiger partial charge is 0.342 e. The zero-order chi connectivity index (χ0) is 9.40. The van der Waals surface area contributed by atoms with E-state index in [1.807, 2.05) is 13.8 Å². The summed E-state index contributed by atoms with van der Waals surface area (Å²) in [5.41, 5.74) is 0. The molecule has 12 heavy (non-hydrogen) atoms. The summed E-state index contributed by atoms with van der Waals surface area (Å²) in [6, 6.07) is -0.360. The Labute approximate surface area is 73.0 Å². The Morgan fingerprint density at radius 1 is 1.67 bits per heavy atom. The van der Waals surface area contributed by atoms with Gasteiger partial charge in [-0.05, 0) is 12.8 Å². The minimum Gasteiger partial charge on any atom is -0.361 e. The van der Waals surface area contributed by atoms with Crippen LogP contribution >= 0.6 is 0 Å². The highest BCUT2D eigenvalue weighted by molar-refractivity contribution is 5.82. The number of carbonyl (C=O) groups excluding carboxylic acids is 1. The number of hydrogen-bond donors (Lipinski definition) is 1. The Morgan fingerprint density at radius 3 is 2.83 bits per heavy atom.